The lowest BCUT2D eigenvalue weighted by Gasteiger charge is -2.18. The van der Waals surface area contributed by atoms with Crippen LogP contribution < -0.4 is 4.72 Å². The summed E-state index contributed by atoms with van der Waals surface area (Å²) in [5, 5.41) is 0. The van der Waals surface area contributed by atoms with Crippen LogP contribution in [0.5, 0.6) is 0 Å². The monoisotopic (exact) mass is 261 g/mol. The maximum atomic E-state index is 13.3. The average molecular weight is 261 g/mol. The van der Waals surface area contributed by atoms with Crippen molar-refractivity contribution in [1.82, 2.24) is 4.72 Å². The SMILES string of the molecule is CC(C)(C)S(=O)NCCc1cc(F)ccc1F. The van der Waals surface area contributed by atoms with Gasteiger partial charge in [-0.05, 0) is 51.0 Å². The summed E-state index contributed by atoms with van der Waals surface area (Å²) in [4.78, 5) is 0. The minimum absolute atomic E-state index is 0.295. The van der Waals surface area contributed by atoms with E-state index < -0.39 is 22.6 Å². The molecule has 1 aromatic rings. The first kappa shape index (κ1) is 14.3. The topological polar surface area (TPSA) is 29.1 Å². The van der Waals surface area contributed by atoms with E-state index >= 15 is 0 Å². The van der Waals surface area contributed by atoms with Gasteiger partial charge in [0.15, 0.2) is 0 Å². The van der Waals surface area contributed by atoms with Crippen LogP contribution >= 0.6 is 0 Å². The maximum Gasteiger partial charge on any atom is 0.126 e. The molecule has 0 spiro atoms. The van der Waals surface area contributed by atoms with Crippen LogP contribution in [0.25, 0.3) is 0 Å². The summed E-state index contributed by atoms with van der Waals surface area (Å²) in [6, 6.07) is 3.35. The molecule has 17 heavy (non-hydrogen) atoms. The Balaban J connectivity index is 2.52. The summed E-state index contributed by atoms with van der Waals surface area (Å²) in [5.74, 6) is -0.895. The van der Waals surface area contributed by atoms with Crippen molar-refractivity contribution in [2.75, 3.05) is 6.54 Å². The number of hydrogen-bond acceptors (Lipinski definition) is 1. The molecule has 5 heteroatoms. The van der Waals surface area contributed by atoms with Crippen LogP contribution in [0.2, 0.25) is 0 Å². The minimum atomic E-state index is -1.19. The zero-order valence-electron chi connectivity index (χ0n) is 10.2. The summed E-state index contributed by atoms with van der Waals surface area (Å²) < 4.78 is 40.2. The molecule has 0 saturated carbocycles. The molecule has 1 unspecified atom stereocenters. The van der Waals surface area contributed by atoms with Gasteiger partial charge in [0, 0.05) is 6.54 Å². The van der Waals surface area contributed by atoms with Crippen molar-refractivity contribution >= 4 is 11.0 Å². The van der Waals surface area contributed by atoms with E-state index in [1.54, 1.807) is 0 Å². The van der Waals surface area contributed by atoms with E-state index in [2.05, 4.69) is 4.72 Å². The molecule has 0 aliphatic heterocycles. The first-order valence-corrected chi connectivity index (χ1v) is 6.55. The summed E-state index contributed by atoms with van der Waals surface area (Å²) in [6.07, 6.45) is 0.311. The van der Waals surface area contributed by atoms with Gasteiger partial charge in [-0.3, -0.25) is 0 Å². The number of benzene rings is 1. The largest absolute Gasteiger partial charge is 0.242 e. The third kappa shape index (κ3) is 4.52. The van der Waals surface area contributed by atoms with Gasteiger partial charge in [0.1, 0.15) is 11.6 Å². The fourth-order valence-corrected chi connectivity index (χ4v) is 1.95. The lowest BCUT2D eigenvalue weighted by Crippen LogP contribution is -2.34. The molecule has 2 nitrogen and oxygen atoms in total. The Labute approximate surface area is 103 Å². The molecule has 1 N–H and O–H groups in total. The van der Waals surface area contributed by atoms with Crippen LogP contribution in [0, 0.1) is 11.6 Å². The molecule has 0 radical (unpaired) electrons. The molecule has 96 valence electrons. The van der Waals surface area contributed by atoms with Crippen molar-refractivity contribution in [3.63, 3.8) is 0 Å². The second-order valence-corrected chi connectivity index (χ2v) is 6.81. The van der Waals surface area contributed by atoms with Gasteiger partial charge in [0.2, 0.25) is 0 Å². The van der Waals surface area contributed by atoms with Crippen molar-refractivity contribution < 1.29 is 13.0 Å². The Kier molecular flexibility index (Phi) is 4.77. The molecule has 0 bridgehead atoms. The molecule has 1 aromatic carbocycles. The van der Waals surface area contributed by atoms with Crippen molar-refractivity contribution in [3.8, 4) is 0 Å². The number of nitrogens with one attached hydrogen (secondary N) is 1. The Bertz CT molecular complexity index is 415. The van der Waals surface area contributed by atoms with Crippen LogP contribution in [-0.2, 0) is 17.4 Å². The predicted octanol–water partition coefficient (Wildman–Crippen LogP) is 2.56. The smallest absolute Gasteiger partial charge is 0.126 e. The standard InChI is InChI=1S/C12H17F2NOS/c1-12(2,3)17(16)15-7-6-9-8-10(13)4-5-11(9)14/h4-5,8,15H,6-7H2,1-3H3. The van der Waals surface area contributed by atoms with Gasteiger partial charge >= 0.3 is 0 Å². The van der Waals surface area contributed by atoms with E-state index in [9.17, 15) is 13.0 Å². The number of halogens is 2. The average Bonchev–Trinajstić information content (AvgIpc) is 2.21. The summed E-state index contributed by atoms with van der Waals surface area (Å²) in [7, 11) is -1.19. The highest BCUT2D eigenvalue weighted by atomic mass is 32.2. The molecule has 0 amide bonds. The third-order valence-electron chi connectivity index (χ3n) is 2.19. The second-order valence-electron chi connectivity index (χ2n) is 4.76. The molecular weight excluding hydrogens is 244 g/mol. The Morgan fingerprint density at radius 3 is 2.53 bits per heavy atom. The van der Waals surface area contributed by atoms with Crippen LogP contribution in [-0.4, -0.2) is 15.5 Å². The van der Waals surface area contributed by atoms with Crippen LogP contribution in [0.1, 0.15) is 26.3 Å². The first-order chi connectivity index (χ1) is 7.80. The Hall–Kier alpha value is -0.810. The molecule has 0 fully saturated rings. The van der Waals surface area contributed by atoms with E-state index in [-0.39, 0.29) is 4.75 Å². The van der Waals surface area contributed by atoms with Gasteiger partial charge in [-0.25, -0.2) is 17.7 Å². The molecule has 0 aliphatic rings. The fraction of sp³-hybridized carbons (Fsp3) is 0.500. The molecule has 0 aromatic heterocycles. The van der Waals surface area contributed by atoms with Crippen molar-refractivity contribution in [2.24, 2.45) is 0 Å². The normalized spacial score (nSPS) is 13.7. The molecular formula is C12H17F2NOS. The highest BCUT2D eigenvalue weighted by Crippen LogP contribution is 2.11. The molecule has 0 saturated heterocycles. The minimum Gasteiger partial charge on any atom is -0.242 e. The molecule has 1 atom stereocenters. The molecule has 0 heterocycles. The van der Waals surface area contributed by atoms with Crippen LogP contribution in [0.3, 0.4) is 0 Å². The highest BCUT2D eigenvalue weighted by molar-refractivity contribution is 7.84. The summed E-state index contributed by atoms with van der Waals surface area (Å²) in [5.41, 5.74) is 0.295. The Morgan fingerprint density at radius 1 is 1.29 bits per heavy atom. The first-order valence-electron chi connectivity index (χ1n) is 5.40. The van der Waals surface area contributed by atoms with Crippen LogP contribution in [0.15, 0.2) is 18.2 Å². The van der Waals surface area contributed by atoms with Gasteiger partial charge in [-0.1, -0.05) is 0 Å². The number of rotatable bonds is 4. The van der Waals surface area contributed by atoms with Crippen LogP contribution in [0.4, 0.5) is 8.78 Å². The van der Waals surface area contributed by atoms with E-state index in [1.807, 2.05) is 20.8 Å². The predicted molar refractivity (Wildman–Crippen MR) is 66.0 cm³/mol. The Morgan fingerprint density at radius 2 is 1.94 bits per heavy atom. The lowest BCUT2D eigenvalue weighted by atomic mass is 10.1. The van der Waals surface area contributed by atoms with Crippen molar-refractivity contribution in [1.29, 1.82) is 0 Å². The number of hydrogen-bond donors (Lipinski definition) is 1. The zero-order chi connectivity index (χ0) is 13.1. The second kappa shape index (κ2) is 5.69. The van der Waals surface area contributed by atoms with E-state index in [4.69, 9.17) is 0 Å². The van der Waals surface area contributed by atoms with Gasteiger partial charge in [-0.2, -0.15) is 0 Å². The maximum absolute atomic E-state index is 13.3. The zero-order valence-corrected chi connectivity index (χ0v) is 11.0. The van der Waals surface area contributed by atoms with Gasteiger partial charge in [0.05, 0.1) is 15.7 Å². The summed E-state index contributed by atoms with van der Waals surface area (Å²) >= 11 is 0. The van der Waals surface area contributed by atoms with Gasteiger partial charge in [-0.15, -0.1) is 0 Å². The third-order valence-corrected chi connectivity index (χ3v) is 3.77. The fourth-order valence-electron chi connectivity index (χ4n) is 1.23. The van der Waals surface area contributed by atoms with E-state index in [0.717, 1.165) is 18.2 Å². The van der Waals surface area contributed by atoms with Crippen molar-refractivity contribution in [2.45, 2.75) is 31.9 Å². The van der Waals surface area contributed by atoms with Gasteiger partial charge < -0.3 is 0 Å². The van der Waals surface area contributed by atoms with E-state index in [0.29, 0.717) is 18.5 Å². The quantitative estimate of drug-likeness (QED) is 0.886. The summed E-state index contributed by atoms with van der Waals surface area (Å²) in [6.45, 7) is 5.89. The lowest BCUT2D eigenvalue weighted by molar-refractivity contribution is 0.582. The van der Waals surface area contributed by atoms with E-state index in [1.165, 1.54) is 0 Å². The highest BCUT2D eigenvalue weighted by Gasteiger charge is 2.18. The molecule has 0 aliphatic carbocycles. The van der Waals surface area contributed by atoms with Crippen molar-refractivity contribution in [3.05, 3.63) is 35.4 Å². The van der Waals surface area contributed by atoms with Gasteiger partial charge in [0.25, 0.3) is 0 Å². The molecule has 1 rings (SSSR count).